The summed E-state index contributed by atoms with van der Waals surface area (Å²) in [6, 6.07) is 22.7. The average Bonchev–Trinajstić information content (AvgIpc) is 3.34. The van der Waals surface area contributed by atoms with E-state index in [1.54, 1.807) is 0 Å². The normalized spacial score (nSPS) is 14.7. The summed E-state index contributed by atoms with van der Waals surface area (Å²) in [5.74, 6) is 0.156. The first-order valence-electron chi connectivity index (χ1n) is 12.1. The van der Waals surface area contributed by atoms with E-state index >= 15 is 0 Å². The number of fused-ring (bicyclic) bond motifs is 1. The molecule has 3 aromatic carbocycles. The van der Waals surface area contributed by atoms with Gasteiger partial charge in [0.15, 0.2) is 5.65 Å². The van der Waals surface area contributed by atoms with Crippen molar-refractivity contribution in [2.24, 2.45) is 0 Å². The Hall–Kier alpha value is -3.79. The number of anilines is 1. The van der Waals surface area contributed by atoms with Gasteiger partial charge in [0.25, 0.3) is 0 Å². The van der Waals surface area contributed by atoms with Gasteiger partial charge in [0.1, 0.15) is 18.0 Å². The second kappa shape index (κ2) is 9.83. The van der Waals surface area contributed by atoms with Crippen LogP contribution < -0.4 is 4.90 Å². The molecule has 1 aliphatic rings. The molecule has 1 aliphatic heterocycles. The van der Waals surface area contributed by atoms with E-state index in [9.17, 15) is 12.8 Å². The Morgan fingerprint density at radius 1 is 0.842 bits per heavy atom. The lowest BCUT2D eigenvalue weighted by atomic mass is 10.1. The van der Waals surface area contributed by atoms with Gasteiger partial charge in [-0.1, -0.05) is 54.1 Å². The molecule has 192 valence electrons. The predicted molar refractivity (Wildman–Crippen MR) is 147 cm³/mol. The van der Waals surface area contributed by atoms with Gasteiger partial charge in [-0.05, 0) is 42.0 Å². The molecule has 0 aliphatic carbocycles. The van der Waals surface area contributed by atoms with E-state index in [1.165, 1.54) is 28.8 Å². The summed E-state index contributed by atoms with van der Waals surface area (Å²) < 4.78 is 43.3. The van der Waals surface area contributed by atoms with Crippen molar-refractivity contribution in [3.63, 3.8) is 0 Å². The van der Waals surface area contributed by atoms with Crippen LogP contribution in [-0.2, 0) is 10.0 Å². The highest BCUT2D eigenvalue weighted by Crippen LogP contribution is 2.37. The molecule has 0 amide bonds. The van der Waals surface area contributed by atoms with Crippen molar-refractivity contribution in [3.8, 4) is 16.8 Å². The fraction of sp³-hybridized carbons (Fsp3) is 0.143. The molecule has 2 aromatic heterocycles. The number of benzene rings is 3. The number of hydrogen-bond donors (Lipinski definition) is 0. The number of sulfonamides is 1. The molecule has 5 aromatic rings. The Morgan fingerprint density at radius 3 is 2.34 bits per heavy atom. The average molecular weight is 548 g/mol. The molecule has 38 heavy (non-hydrogen) atoms. The van der Waals surface area contributed by atoms with Gasteiger partial charge >= 0.3 is 0 Å². The van der Waals surface area contributed by atoms with Crippen molar-refractivity contribution in [3.05, 3.63) is 102 Å². The quantitative estimate of drug-likeness (QED) is 0.295. The van der Waals surface area contributed by atoms with Gasteiger partial charge in [-0.25, -0.2) is 22.8 Å². The zero-order valence-corrected chi connectivity index (χ0v) is 21.8. The number of halogens is 2. The van der Waals surface area contributed by atoms with E-state index in [0.717, 1.165) is 39.7 Å². The van der Waals surface area contributed by atoms with Gasteiger partial charge in [-0.3, -0.25) is 0 Å². The third-order valence-corrected chi connectivity index (χ3v) is 8.84. The van der Waals surface area contributed by atoms with Crippen LogP contribution >= 0.6 is 11.6 Å². The zero-order chi connectivity index (χ0) is 26.3. The predicted octanol–water partition coefficient (Wildman–Crippen LogP) is 5.39. The van der Waals surface area contributed by atoms with Gasteiger partial charge in [-0.2, -0.15) is 4.31 Å². The molecule has 0 N–H and O–H groups in total. The Balaban J connectivity index is 1.39. The molecule has 1 saturated heterocycles. The Kier molecular flexibility index (Phi) is 6.35. The maximum atomic E-state index is 13.7. The van der Waals surface area contributed by atoms with Crippen LogP contribution in [0.2, 0.25) is 5.02 Å². The number of piperazine rings is 1. The smallest absolute Gasteiger partial charge is 0.243 e. The summed E-state index contributed by atoms with van der Waals surface area (Å²) >= 11 is 6.30. The van der Waals surface area contributed by atoms with Crippen LogP contribution in [0, 0.1) is 5.82 Å². The Bertz CT molecular complexity index is 1740. The largest absolute Gasteiger partial charge is 0.353 e. The Labute approximate surface area is 224 Å². The van der Waals surface area contributed by atoms with E-state index in [1.807, 2.05) is 65.4 Å². The zero-order valence-electron chi connectivity index (χ0n) is 20.2. The lowest BCUT2D eigenvalue weighted by molar-refractivity contribution is 0.384. The van der Waals surface area contributed by atoms with Gasteiger partial charge in [-0.15, -0.1) is 0 Å². The number of aromatic nitrogens is 3. The summed E-state index contributed by atoms with van der Waals surface area (Å²) in [5, 5.41) is 1.50. The third kappa shape index (κ3) is 4.42. The minimum absolute atomic E-state index is 0.0414. The van der Waals surface area contributed by atoms with E-state index in [2.05, 4.69) is 14.9 Å². The fourth-order valence-electron chi connectivity index (χ4n) is 4.86. The van der Waals surface area contributed by atoms with E-state index in [-0.39, 0.29) is 18.0 Å². The molecule has 6 rings (SSSR count). The molecule has 10 heteroatoms. The monoisotopic (exact) mass is 547 g/mol. The molecule has 0 radical (unpaired) electrons. The van der Waals surface area contributed by atoms with E-state index in [4.69, 9.17) is 11.6 Å². The molecule has 1 fully saturated rings. The maximum absolute atomic E-state index is 13.7. The highest BCUT2D eigenvalue weighted by molar-refractivity contribution is 7.89. The van der Waals surface area contributed by atoms with Crippen LogP contribution in [0.3, 0.4) is 0 Å². The van der Waals surface area contributed by atoms with Crippen molar-refractivity contribution in [1.29, 1.82) is 0 Å². The standard InChI is InChI=1S/C28H23ClFN5O2S/c29-21-8-4-10-23(16-21)35-18-25(20-6-2-1-3-7-20)26-27(31-19-32-28(26)35)33-12-14-34(15-13-33)38(36,37)24-11-5-9-22(30)17-24/h1-11,16-19H,12-15H2. The first-order valence-corrected chi connectivity index (χ1v) is 13.9. The lowest BCUT2D eigenvalue weighted by Gasteiger charge is -2.35. The topological polar surface area (TPSA) is 71.3 Å². The molecule has 3 heterocycles. The molecule has 0 atom stereocenters. The van der Waals surface area contributed by atoms with Crippen LogP contribution in [0.4, 0.5) is 10.2 Å². The molecular formula is C28H23ClFN5O2S. The van der Waals surface area contributed by atoms with Gasteiger partial charge in [0, 0.05) is 48.6 Å². The maximum Gasteiger partial charge on any atom is 0.243 e. The summed E-state index contributed by atoms with van der Waals surface area (Å²) in [7, 11) is -3.80. The van der Waals surface area contributed by atoms with E-state index in [0.29, 0.717) is 18.1 Å². The van der Waals surface area contributed by atoms with Crippen LogP contribution in [0.25, 0.3) is 27.8 Å². The lowest BCUT2D eigenvalue weighted by Crippen LogP contribution is -2.49. The minimum Gasteiger partial charge on any atom is -0.353 e. The highest BCUT2D eigenvalue weighted by Gasteiger charge is 2.30. The first kappa shape index (κ1) is 24.5. The minimum atomic E-state index is -3.80. The van der Waals surface area contributed by atoms with Crippen molar-refractivity contribution >= 4 is 38.5 Å². The Morgan fingerprint density at radius 2 is 1.61 bits per heavy atom. The molecule has 0 saturated carbocycles. The summed E-state index contributed by atoms with van der Waals surface area (Å²) in [6.45, 7) is 1.36. The fourth-order valence-corrected chi connectivity index (χ4v) is 6.50. The van der Waals surface area contributed by atoms with Crippen molar-refractivity contribution in [2.45, 2.75) is 4.90 Å². The molecule has 7 nitrogen and oxygen atoms in total. The number of rotatable bonds is 5. The van der Waals surface area contributed by atoms with Gasteiger partial charge in [0.2, 0.25) is 10.0 Å². The second-order valence-corrected chi connectivity index (χ2v) is 11.4. The number of hydrogen-bond acceptors (Lipinski definition) is 5. The van der Waals surface area contributed by atoms with Crippen LogP contribution in [0.15, 0.2) is 96.3 Å². The van der Waals surface area contributed by atoms with Crippen LogP contribution in [-0.4, -0.2) is 53.4 Å². The van der Waals surface area contributed by atoms with Gasteiger partial charge < -0.3 is 9.47 Å². The van der Waals surface area contributed by atoms with Crippen LogP contribution in [0.5, 0.6) is 0 Å². The SMILES string of the molecule is O=S(=O)(c1cccc(F)c1)N1CCN(c2ncnc3c2c(-c2ccccc2)cn3-c2cccc(Cl)c2)CC1. The van der Waals surface area contributed by atoms with E-state index < -0.39 is 15.8 Å². The van der Waals surface area contributed by atoms with Crippen molar-refractivity contribution < 1.29 is 12.8 Å². The van der Waals surface area contributed by atoms with Gasteiger partial charge in [0.05, 0.1) is 10.3 Å². The number of nitrogens with zero attached hydrogens (tertiary/aromatic N) is 5. The highest BCUT2D eigenvalue weighted by atomic mass is 35.5. The summed E-state index contributed by atoms with van der Waals surface area (Å²) in [4.78, 5) is 11.3. The summed E-state index contributed by atoms with van der Waals surface area (Å²) in [5.41, 5.74) is 3.58. The molecular weight excluding hydrogens is 525 g/mol. The molecule has 0 spiro atoms. The van der Waals surface area contributed by atoms with Crippen LogP contribution in [0.1, 0.15) is 0 Å². The summed E-state index contributed by atoms with van der Waals surface area (Å²) in [6.07, 6.45) is 3.57. The third-order valence-electron chi connectivity index (χ3n) is 6.71. The first-order chi connectivity index (χ1) is 18.4. The molecule has 0 bridgehead atoms. The molecule has 0 unspecified atom stereocenters. The van der Waals surface area contributed by atoms with Crippen molar-refractivity contribution in [2.75, 3.05) is 31.1 Å². The second-order valence-electron chi connectivity index (χ2n) is 9.00. The van der Waals surface area contributed by atoms with Crippen molar-refractivity contribution in [1.82, 2.24) is 18.8 Å².